The molecule has 0 saturated carbocycles. The van der Waals surface area contributed by atoms with E-state index in [1.807, 2.05) is 20.8 Å². The van der Waals surface area contributed by atoms with Crippen LogP contribution in [-0.2, 0) is 4.74 Å². The van der Waals surface area contributed by atoms with Crippen molar-refractivity contribution >= 4 is 29.0 Å². The molecule has 3 rings (SSSR count). The number of esters is 1. The molecule has 0 radical (unpaired) electrons. The van der Waals surface area contributed by atoms with Crippen molar-refractivity contribution in [2.24, 2.45) is 10.9 Å². The summed E-state index contributed by atoms with van der Waals surface area (Å²) in [6.07, 6.45) is 1.14. The Hall–Kier alpha value is -2.61. The number of carbonyl (C=O) groups is 1. The first-order chi connectivity index (χ1) is 15.0. The van der Waals surface area contributed by atoms with Gasteiger partial charge in [-0.3, -0.25) is 4.99 Å². The number of guanidine groups is 1. The molecule has 7 nitrogen and oxygen atoms in total. The summed E-state index contributed by atoms with van der Waals surface area (Å²) in [6.45, 7) is 11.8. The molecule has 2 heterocycles. The Bertz CT molecular complexity index is 883. The summed E-state index contributed by atoms with van der Waals surface area (Å²) >= 11 is 1.38. The average Bonchev–Trinajstić information content (AvgIpc) is 3.40. The van der Waals surface area contributed by atoms with Crippen LogP contribution < -0.4 is 15.5 Å². The first kappa shape index (κ1) is 23.1. The third kappa shape index (κ3) is 6.19. The molecule has 168 valence electrons. The summed E-state index contributed by atoms with van der Waals surface area (Å²) in [5.74, 6) is 1.00. The predicted molar refractivity (Wildman–Crippen MR) is 127 cm³/mol. The molecular formula is C23H33N5O2S. The van der Waals surface area contributed by atoms with Crippen LogP contribution in [0, 0.1) is 12.8 Å². The van der Waals surface area contributed by atoms with Crippen molar-refractivity contribution in [3.8, 4) is 0 Å². The quantitative estimate of drug-likeness (QED) is 0.367. The van der Waals surface area contributed by atoms with Crippen LogP contribution in [0.5, 0.6) is 0 Å². The highest BCUT2D eigenvalue weighted by Crippen LogP contribution is 2.25. The summed E-state index contributed by atoms with van der Waals surface area (Å²) in [5, 5.41) is 7.61. The molecule has 1 aromatic heterocycles. The van der Waals surface area contributed by atoms with Crippen LogP contribution >= 0.6 is 11.3 Å². The van der Waals surface area contributed by atoms with Gasteiger partial charge in [-0.05, 0) is 52.2 Å². The second-order valence-electron chi connectivity index (χ2n) is 7.71. The lowest BCUT2D eigenvalue weighted by molar-refractivity contribution is 0.0531. The van der Waals surface area contributed by atoms with Crippen LogP contribution in [0.3, 0.4) is 0 Å². The molecule has 1 saturated heterocycles. The molecule has 0 amide bonds. The molecule has 2 N–H and O–H groups in total. The van der Waals surface area contributed by atoms with Crippen LogP contribution in [0.2, 0.25) is 0 Å². The second-order valence-corrected chi connectivity index (χ2v) is 8.74. The maximum absolute atomic E-state index is 12.1. The van der Waals surface area contributed by atoms with E-state index in [2.05, 4.69) is 57.8 Å². The van der Waals surface area contributed by atoms with E-state index >= 15 is 0 Å². The largest absolute Gasteiger partial charge is 0.462 e. The molecule has 2 aromatic rings. The maximum Gasteiger partial charge on any atom is 0.350 e. The van der Waals surface area contributed by atoms with Crippen molar-refractivity contribution in [3.05, 3.63) is 45.9 Å². The number of benzene rings is 1. The number of hydrogen-bond acceptors (Lipinski definition) is 6. The van der Waals surface area contributed by atoms with E-state index in [0.717, 1.165) is 43.6 Å². The van der Waals surface area contributed by atoms with Gasteiger partial charge >= 0.3 is 5.97 Å². The highest BCUT2D eigenvalue weighted by atomic mass is 32.1. The maximum atomic E-state index is 12.1. The molecule has 1 aliphatic heterocycles. The molecule has 0 aliphatic carbocycles. The van der Waals surface area contributed by atoms with Crippen LogP contribution in [0.1, 0.15) is 53.6 Å². The number of anilines is 1. The van der Waals surface area contributed by atoms with Crippen molar-refractivity contribution in [3.63, 3.8) is 0 Å². The van der Waals surface area contributed by atoms with Gasteiger partial charge in [0.15, 0.2) is 5.96 Å². The highest BCUT2D eigenvalue weighted by molar-refractivity contribution is 7.13. The van der Waals surface area contributed by atoms with Gasteiger partial charge in [-0.1, -0.05) is 18.2 Å². The Morgan fingerprint density at radius 1 is 1.35 bits per heavy atom. The monoisotopic (exact) mass is 443 g/mol. The third-order valence-electron chi connectivity index (χ3n) is 5.26. The van der Waals surface area contributed by atoms with Gasteiger partial charge < -0.3 is 20.3 Å². The number of nitrogens with one attached hydrogen (secondary N) is 2. The van der Waals surface area contributed by atoms with E-state index in [-0.39, 0.29) is 12.0 Å². The predicted octanol–water partition coefficient (Wildman–Crippen LogP) is 3.77. The van der Waals surface area contributed by atoms with Crippen molar-refractivity contribution in [1.29, 1.82) is 0 Å². The summed E-state index contributed by atoms with van der Waals surface area (Å²) in [4.78, 5) is 24.5. The zero-order valence-corrected chi connectivity index (χ0v) is 19.7. The number of para-hydroxylation sites is 1. The topological polar surface area (TPSA) is 78.9 Å². The first-order valence-electron chi connectivity index (χ1n) is 11.0. The Morgan fingerprint density at radius 2 is 2.13 bits per heavy atom. The van der Waals surface area contributed by atoms with Gasteiger partial charge in [0.05, 0.1) is 18.3 Å². The van der Waals surface area contributed by atoms with Gasteiger partial charge in [0, 0.05) is 31.9 Å². The number of thiazole rings is 1. The Morgan fingerprint density at radius 3 is 2.84 bits per heavy atom. The van der Waals surface area contributed by atoms with Gasteiger partial charge in [0.2, 0.25) is 0 Å². The molecule has 1 aromatic carbocycles. The fourth-order valence-corrected chi connectivity index (χ4v) is 4.61. The SMILES string of the molecule is CCNC(=NCC1CCN(c2ccccc2)C1)NC(C)c1nc(C)c(C(=O)OCC)s1. The van der Waals surface area contributed by atoms with Crippen molar-refractivity contribution in [2.75, 3.05) is 37.7 Å². The minimum absolute atomic E-state index is 0.0610. The number of carbonyl (C=O) groups excluding carboxylic acids is 1. The highest BCUT2D eigenvalue weighted by Gasteiger charge is 2.23. The first-order valence-corrected chi connectivity index (χ1v) is 11.8. The van der Waals surface area contributed by atoms with Gasteiger partial charge in [-0.2, -0.15) is 0 Å². The summed E-state index contributed by atoms with van der Waals surface area (Å²) in [7, 11) is 0. The molecule has 0 spiro atoms. The molecular weight excluding hydrogens is 410 g/mol. The van der Waals surface area contributed by atoms with Crippen LogP contribution in [0.25, 0.3) is 0 Å². The number of aryl methyl sites for hydroxylation is 1. The number of aliphatic imine (C=N–C) groups is 1. The normalized spacial score (nSPS) is 17.5. The van der Waals surface area contributed by atoms with Crippen molar-refractivity contribution in [1.82, 2.24) is 15.6 Å². The molecule has 2 atom stereocenters. The van der Waals surface area contributed by atoms with Crippen molar-refractivity contribution in [2.45, 2.75) is 40.2 Å². The van der Waals surface area contributed by atoms with E-state index in [4.69, 9.17) is 9.73 Å². The Balaban J connectivity index is 1.60. The van der Waals surface area contributed by atoms with E-state index in [1.165, 1.54) is 17.0 Å². The number of rotatable bonds is 8. The molecule has 1 aliphatic rings. The lowest BCUT2D eigenvalue weighted by Crippen LogP contribution is -2.39. The zero-order valence-electron chi connectivity index (χ0n) is 18.9. The van der Waals surface area contributed by atoms with Gasteiger partial charge in [0.1, 0.15) is 9.88 Å². The smallest absolute Gasteiger partial charge is 0.350 e. The summed E-state index contributed by atoms with van der Waals surface area (Å²) < 4.78 is 5.13. The van der Waals surface area contributed by atoms with E-state index in [1.54, 1.807) is 0 Å². The Kier molecular flexibility index (Phi) is 8.28. The summed E-state index contributed by atoms with van der Waals surface area (Å²) in [5.41, 5.74) is 1.99. The lowest BCUT2D eigenvalue weighted by atomic mass is 10.1. The standard InChI is InChI=1S/C23H33N5O2S/c1-5-24-23(25-14-18-12-13-28(15-18)19-10-8-7-9-11-19)27-17(4)21-26-16(3)20(31-21)22(29)30-6-2/h7-11,17-18H,5-6,12-15H2,1-4H3,(H2,24,25,27). The van der Waals surface area contributed by atoms with Crippen LogP contribution in [0.4, 0.5) is 5.69 Å². The van der Waals surface area contributed by atoms with Crippen molar-refractivity contribution < 1.29 is 9.53 Å². The van der Waals surface area contributed by atoms with Gasteiger partial charge in [-0.15, -0.1) is 11.3 Å². The fourth-order valence-electron chi connectivity index (χ4n) is 3.65. The molecule has 8 heteroatoms. The molecule has 1 fully saturated rings. The number of ether oxygens (including phenoxy) is 1. The lowest BCUT2D eigenvalue weighted by Gasteiger charge is -2.19. The van der Waals surface area contributed by atoms with E-state index in [9.17, 15) is 4.79 Å². The summed E-state index contributed by atoms with van der Waals surface area (Å²) in [6, 6.07) is 10.5. The van der Waals surface area contributed by atoms with Crippen LogP contribution in [-0.4, -0.2) is 49.7 Å². The number of hydrogen-bond donors (Lipinski definition) is 2. The molecule has 31 heavy (non-hydrogen) atoms. The van der Waals surface area contributed by atoms with Crippen LogP contribution in [0.15, 0.2) is 35.3 Å². The minimum atomic E-state index is -0.305. The number of nitrogens with zero attached hydrogens (tertiary/aromatic N) is 3. The van der Waals surface area contributed by atoms with E-state index in [0.29, 0.717) is 23.1 Å². The van der Waals surface area contributed by atoms with Gasteiger partial charge in [-0.25, -0.2) is 9.78 Å². The minimum Gasteiger partial charge on any atom is -0.462 e. The molecule has 0 bridgehead atoms. The fraction of sp³-hybridized carbons (Fsp3) is 0.522. The second kappa shape index (κ2) is 11.1. The number of aromatic nitrogens is 1. The Labute approximate surface area is 188 Å². The third-order valence-corrected chi connectivity index (χ3v) is 6.58. The average molecular weight is 444 g/mol. The zero-order chi connectivity index (χ0) is 22.2. The van der Waals surface area contributed by atoms with E-state index < -0.39 is 0 Å². The molecule has 2 unspecified atom stereocenters. The van der Waals surface area contributed by atoms with Gasteiger partial charge in [0.25, 0.3) is 0 Å².